The highest BCUT2D eigenvalue weighted by Crippen LogP contribution is 2.45. The number of nitrogens with zero attached hydrogens (tertiary/aromatic N) is 1. The van der Waals surface area contributed by atoms with Crippen LogP contribution >= 0.6 is 0 Å². The van der Waals surface area contributed by atoms with Crippen LogP contribution in [0.5, 0.6) is 0 Å². The molecule has 17 heavy (non-hydrogen) atoms. The third kappa shape index (κ3) is 2.32. The second-order valence-electron chi connectivity index (χ2n) is 5.44. The summed E-state index contributed by atoms with van der Waals surface area (Å²) < 4.78 is 10.9. The van der Waals surface area contributed by atoms with Crippen molar-refractivity contribution in [2.24, 2.45) is 5.41 Å². The molecular weight excluding hydrogens is 220 g/mol. The number of ether oxygens (including phenoxy) is 2. The van der Waals surface area contributed by atoms with Gasteiger partial charge in [-0.1, -0.05) is 0 Å². The third-order valence-electron chi connectivity index (χ3n) is 4.13. The van der Waals surface area contributed by atoms with Gasteiger partial charge < -0.3 is 19.7 Å². The van der Waals surface area contributed by atoms with Crippen LogP contribution in [-0.2, 0) is 14.3 Å². The Bertz CT molecular complexity index is 290. The average Bonchev–Trinajstić information content (AvgIpc) is 2.26. The van der Waals surface area contributed by atoms with Crippen LogP contribution in [0.4, 0.5) is 0 Å². The van der Waals surface area contributed by atoms with Crippen LogP contribution in [0, 0.1) is 5.41 Å². The van der Waals surface area contributed by atoms with Gasteiger partial charge in [-0.25, -0.2) is 0 Å². The number of rotatable bonds is 3. The molecule has 1 amide bonds. The summed E-state index contributed by atoms with van der Waals surface area (Å²) in [4.78, 5) is 13.7. The first kappa shape index (κ1) is 11.4. The topological polar surface area (TPSA) is 50.8 Å². The molecule has 3 aliphatic rings. The summed E-state index contributed by atoms with van der Waals surface area (Å²) in [5.74, 6) is 0.112. The van der Waals surface area contributed by atoms with Crippen LogP contribution in [0.25, 0.3) is 0 Å². The summed E-state index contributed by atoms with van der Waals surface area (Å²) in [6.07, 6.45) is 2.55. The van der Waals surface area contributed by atoms with E-state index < -0.39 is 0 Å². The normalized spacial score (nSPS) is 27.6. The number of amides is 1. The predicted molar refractivity (Wildman–Crippen MR) is 61.7 cm³/mol. The molecule has 3 rings (SSSR count). The average molecular weight is 240 g/mol. The summed E-state index contributed by atoms with van der Waals surface area (Å²) in [5, 5.41) is 3.30. The maximum atomic E-state index is 11.8. The van der Waals surface area contributed by atoms with E-state index in [-0.39, 0.29) is 12.5 Å². The maximum absolute atomic E-state index is 11.8. The zero-order chi connectivity index (χ0) is 11.7. The molecule has 0 aromatic rings. The fourth-order valence-electron chi connectivity index (χ4n) is 2.88. The van der Waals surface area contributed by atoms with E-state index in [2.05, 4.69) is 5.32 Å². The molecular formula is C12H20N2O3. The summed E-state index contributed by atoms with van der Waals surface area (Å²) in [7, 11) is 0. The van der Waals surface area contributed by atoms with Gasteiger partial charge in [0.25, 0.3) is 0 Å². The van der Waals surface area contributed by atoms with E-state index >= 15 is 0 Å². The van der Waals surface area contributed by atoms with Crippen molar-refractivity contribution in [1.29, 1.82) is 0 Å². The van der Waals surface area contributed by atoms with Gasteiger partial charge in [0.1, 0.15) is 6.61 Å². The Kier molecular flexibility index (Phi) is 3.06. The summed E-state index contributed by atoms with van der Waals surface area (Å²) in [6.45, 7) is 5.23. The highest BCUT2D eigenvalue weighted by atomic mass is 16.5. The van der Waals surface area contributed by atoms with Crippen molar-refractivity contribution in [1.82, 2.24) is 10.2 Å². The number of nitrogens with one attached hydrogen (secondary N) is 1. The van der Waals surface area contributed by atoms with Crippen LogP contribution < -0.4 is 5.32 Å². The summed E-state index contributed by atoms with van der Waals surface area (Å²) in [6, 6.07) is 0. The SMILES string of the molecule is O=C(COC1CC2(CNC2)C1)N1CCOCC1. The Morgan fingerprint density at radius 1 is 1.35 bits per heavy atom. The lowest BCUT2D eigenvalue weighted by Gasteiger charge is -2.53. The first-order valence-electron chi connectivity index (χ1n) is 6.45. The van der Waals surface area contributed by atoms with E-state index in [1.165, 1.54) is 0 Å². The van der Waals surface area contributed by atoms with Gasteiger partial charge in [-0.15, -0.1) is 0 Å². The first-order valence-corrected chi connectivity index (χ1v) is 6.45. The van der Waals surface area contributed by atoms with Crippen LogP contribution in [-0.4, -0.2) is 62.9 Å². The van der Waals surface area contributed by atoms with Crippen molar-refractivity contribution in [3.8, 4) is 0 Å². The molecule has 2 saturated heterocycles. The van der Waals surface area contributed by atoms with E-state index in [0.29, 0.717) is 37.8 Å². The molecule has 0 aromatic heterocycles. The van der Waals surface area contributed by atoms with Gasteiger partial charge in [-0.05, 0) is 12.8 Å². The lowest BCUT2D eigenvalue weighted by Crippen LogP contribution is -2.62. The Morgan fingerprint density at radius 2 is 2.06 bits per heavy atom. The van der Waals surface area contributed by atoms with E-state index in [0.717, 1.165) is 25.9 Å². The molecule has 0 bridgehead atoms. The fourth-order valence-corrected chi connectivity index (χ4v) is 2.88. The number of carbonyl (C=O) groups excluding carboxylic acids is 1. The zero-order valence-corrected chi connectivity index (χ0v) is 10.1. The lowest BCUT2D eigenvalue weighted by atomic mass is 9.63. The molecule has 2 aliphatic heterocycles. The van der Waals surface area contributed by atoms with Crippen molar-refractivity contribution in [2.45, 2.75) is 18.9 Å². The second kappa shape index (κ2) is 4.55. The number of hydrogen-bond donors (Lipinski definition) is 1. The van der Waals surface area contributed by atoms with Gasteiger partial charge in [-0.3, -0.25) is 4.79 Å². The molecule has 1 spiro atoms. The van der Waals surface area contributed by atoms with Crippen molar-refractivity contribution in [2.75, 3.05) is 46.0 Å². The minimum Gasteiger partial charge on any atom is -0.378 e. The van der Waals surface area contributed by atoms with Gasteiger partial charge in [-0.2, -0.15) is 0 Å². The van der Waals surface area contributed by atoms with Crippen LogP contribution in [0.3, 0.4) is 0 Å². The zero-order valence-electron chi connectivity index (χ0n) is 10.1. The smallest absolute Gasteiger partial charge is 0.248 e. The van der Waals surface area contributed by atoms with Gasteiger partial charge in [0.2, 0.25) is 5.91 Å². The standard InChI is InChI=1S/C12H20N2O3/c15-11(14-1-3-16-4-2-14)7-17-10-5-12(6-10)8-13-9-12/h10,13H,1-9H2. The molecule has 0 atom stereocenters. The molecule has 1 saturated carbocycles. The summed E-state index contributed by atoms with van der Waals surface area (Å²) in [5.41, 5.74) is 0.521. The van der Waals surface area contributed by atoms with Crippen LogP contribution in [0.1, 0.15) is 12.8 Å². The van der Waals surface area contributed by atoms with Crippen molar-refractivity contribution < 1.29 is 14.3 Å². The largest absolute Gasteiger partial charge is 0.378 e. The summed E-state index contributed by atoms with van der Waals surface area (Å²) >= 11 is 0. The molecule has 5 nitrogen and oxygen atoms in total. The molecule has 0 radical (unpaired) electrons. The first-order chi connectivity index (χ1) is 8.27. The molecule has 0 aromatic carbocycles. The number of hydrogen-bond acceptors (Lipinski definition) is 4. The molecule has 0 unspecified atom stereocenters. The van der Waals surface area contributed by atoms with Crippen LogP contribution in [0.15, 0.2) is 0 Å². The molecule has 3 fully saturated rings. The van der Waals surface area contributed by atoms with Crippen molar-refractivity contribution in [3.63, 3.8) is 0 Å². The van der Waals surface area contributed by atoms with E-state index in [1.54, 1.807) is 0 Å². The van der Waals surface area contributed by atoms with Gasteiger partial charge >= 0.3 is 0 Å². The van der Waals surface area contributed by atoms with Crippen LogP contribution in [0.2, 0.25) is 0 Å². The quantitative estimate of drug-likeness (QED) is 0.730. The molecule has 2 heterocycles. The van der Waals surface area contributed by atoms with Gasteiger partial charge in [0, 0.05) is 31.6 Å². The van der Waals surface area contributed by atoms with Gasteiger partial charge in [0.05, 0.1) is 19.3 Å². The second-order valence-corrected chi connectivity index (χ2v) is 5.44. The van der Waals surface area contributed by atoms with Crippen molar-refractivity contribution >= 4 is 5.91 Å². The minimum atomic E-state index is 0.112. The van der Waals surface area contributed by atoms with Crippen molar-refractivity contribution in [3.05, 3.63) is 0 Å². The Hall–Kier alpha value is -0.650. The third-order valence-corrected chi connectivity index (χ3v) is 4.13. The molecule has 96 valence electrons. The van der Waals surface area contributed by atoms with E-state index in [1.807, 2.05) is 4.90 Å². The Balaban J connectivity index is 1.35. The Morgan fingerprint density at radius 3 is 2.65 bits per heavy atom. The van der Waals surface area contributed by atoms with Gasteiger partial charge in [0.15, 0.2) is 0 Å². The molecule has 1 aliphatic carbocycles. The highest BCUT2D eigenvalue weighted by molar-refractivity contribution is 5.77. The Labute approximate surface area is 101 Å². The molecule has 1 N–H and O–H groups in total. The number of carbonyl (C=O) groups is 1. The lowest BCUT2D eigenvalue weighted by molar-refractivity contribution is -0.151. The monoisotopic (exact) mass is 240 g/mol. The predicted octanol–water partition coefficient (Wildman–Crippen LogP) is -0.386. The number of morpholine rings is 1. The van der Waals surface area contributed by atoms with E-state index in [9.17, 15) is 4.79 Å². The fraction of sp³-hybridized carbons (Fsp3) is 0.917. The maximum Gasteiger partial charge on any atom is 0.248 e. The van der Waals surface area contributed by atoms with E-state index in [4.69, 9.17) is 9.47 Å². The highest BCUT2D eigenvalue weighted by Gasteiger charge is 2.49. The molecule has 5 heteroatoms. The minimum absolute atomic E-state index is 0.112.